The zero-order valence-electron chi connectivity index (χ0n) is 14.0. The summed E-state index contributed by atoms with van der Waals surface area (Å²) in [4.78, 5) is 8.49. The summed E-state index contributed by atoms with van der Waals surface area (Å²) in [5.41, 5.74) is 1.88. The van der Waals surface area contributed by atoms with Crippen molar-refractivity contribution in [3.63, 3.8) is 0 Å². The lowest BCUT2D eigenvalue weighted by Gasteiger charge is -2.13. The predicted octanol–water partition coefficient (Wildman–Crippen LogP) is 3.22. The minimum Gasteiger partial charge on any atom is -0.386 e. The molecule has 1 atom stereocenters. The molecule has 0 aliphatic rings. The maximum atomic E-state index is 10.2. The molecule has 0 bridgehead atoms. The van der Waals surface area contributed by atoms with Gasteiger partial charge in [0.2, 0.25) is 0 Å². The van der Waals surface area contributed by atoms with E-state index in [1.807, 2.05) is 13.0 Å². The number of aliphatic hydroxyl groups excluding tert-OH is 1. The molecule has 2 rings (SSSR count). The number of halogens is 2. The molecular weight excluding hydrogens is 359 g/mol. The van der Waals surface area contributed by atoms with Crippen molar-refractivity contribution in [3.8, 4) is 0 Å². The summed E-state index contributed by atoms with van der Waals surface area (Å²) < 4.78 is 0. The second-order valence-corrected chi connectivity index (χ2v) is 6.28. The van der Waals surface area contributed by atoms with Gasteiger partial charge in [-0.15, -0.1) is 0 Å². The van der Waals surface area contributed by atoms with Crippen LogP contribution in [0.15, 0.2) is 47.6 Å². The van der Waals surface area contributed by atoms with Crippen LogP contribution in [-0.2, 0) is 6.42 Å². The van der Waals surface area contributed by atoms with Crippen molar-refractivity contribution in [2.45, 2.75) is 19.4 Å². The van der Waals surface area contributed by atoms with Crippen LogP contribution in [0.1, 0.15) is 24.2 Å². The van der Waals surface area contributed by atoms with Gasteiger partial charge in [-0.2, -0.15) is 0 Å². The lowest BCUT2D eigenvalue weighted by atomic mass is 10.1. The third kappa shape index (κ3) is 6.90. The molecule has 0 spiro atoms. The van der Waals surface area contributed by atoms with Crippen LogP contribution in [0.5, 0.6) is 0 Å². The van der Waals surface area contributed by atoms with Gasteiger partial charge in [-0.25, -0.2) is 4.98 Å². The highest BCUT2D eigenvalue weighted by atomic mass is 35.5. The topological polar surface area (TPSA) is 69.5 Å². The number of nitrogens with one attached hydrogen (secondary N) is 2. The van der Waals surface area contributed by atoms with Gasteiger partial charge in [0.25, 0.3) is 0 Å². The summed E-state index contributed by atoms with van der Waals surface area (Å²) in [6.45, 7) is 3.70. The first-order valence-electron chi connectivity index (χ1n) is 8.14. The molecule has 0 saturated carbocycles. The van der Waals surface area contributed by atoms with E-state index < -0.39 is 6.10 Å². The van der Waals surface area contributed by atoms with E-state index in [-0.39, 0.29) is 6.54 Å². The SMILES string of the molecule is CCNC(=NCC(O)c1ccc(Cl)cc1)NCCc1ccc(Cl)nc1. The van der Waals surface area contributed by atoms with Crippen molar-refractivity contribution in [3.05, 3.63) is 63.9 Å². The minimum atomic E-state index is -0.673. The standard InChI is InChI=1S/C18H22Cl2N4O/c1-2-21-18(22-10-9-13-3-8-17(20)23-11-13)24-12-16(25)14-4-6-15(19)7-5-14/h3-8,11,16,25H,2,9-10,12H2,1H3,(H2,21,22,24). The number of benzene rings is 1. The Labute approximate surface area is 158 Å². The molecule has 0 aliphatic heterocycles. The van der Waals surface area contributed by atoms with E-state index in [0.717, 1.165) is 24.1 Å². The molecule has 3 N–H and O–H groups in total. The van der Waals surface area contributed by atoms with Crippen LogP contribution in [0.25, 0.3) is 0 Å². The van der Waals surface area contributed by atoms with Crippen LogP contribution < -0.4 is 10.6 Å². The van der Waals surface area contributed by atoms with Gasteiger partial charge in [0.1, 0.15) is 5.15 Å². The van der Waals surface area contributed by atoms with Crippen LogP contribution in [0.3, 0.4) is 0 Å². The molecular formula is C18H22Cl2N4O. The number of nitrogens with zero attached hydrogens (tertiary/aromatic N) is 2. The Bertz CT molecular complexity index is 674. The summed E-state index contributed by atoms with van der Waals surface area (Å²) in [5.74, 6) is 0.664. The molecule has 2 aromatic rings. The molecule has 0 amide bonds. The highest BCUT2D eigenvalue weighted by Crippen LogP contribution is 2.16. The molecule has 25 heavy (non-hydrogen) atoms. The zero-order chi connectivity index (χ0) is 18.1. The summed E-state index contributed by atoms with van der Waals surface area (Å²) in [5, 5.41) is 17.8. The fraction of sp³-hybridized carbons (Fsp3) is 0.333. The quantitative estimate of drug-likeness (QED) is 0.391. The van der Waals surface area contributed by atoms with Gasteiger partial charge >= 0.3 is 0 Å². The largest absolute Gasteiger partial charge is 0.386 e. The molecule has 0 aliphatic carbocycles. The number of rotatable bonds is 7. The first-order chi connectivity index (χ1) is 12.1. The molecule has 0 radical (unpaired) electrons. The van der Waals surface area contributed by atoms with E-state index in [9.17, 15) is 5.11 Å². The number of aromatic nitrogens is 1. The molecule has 0 fully saturated rings. The van der Waals surface area contributed by atoms with Gasteiger partial charge < -0.3 is 15.7 Å². The van der Waals surface area contributed by atoms with Gasteiger partial charge in [0.15, 0.2) is 5.96 Å². The zero-order valence-corrected chi connectivity index (χ0v) is 15.6. The number of pyridine rings is 1. The van der Waals surface area contributed by atoms with E-state index in [1.165, 1.54) is 0 Å². The number of aliphatic hydroxyl groups is 1. The fourth-order valence-electron chi connectivity index (χ4n) is 2.19. The van der Waals surface area contributed by atoms with Crippen LogP contribution in [0, 0.1) is 0 Å². The maximum Gasteiger partial charge on any atom is 0.191 e. The van der Waals surface area contributed by atoms with Gasteiger partial charge in [0, 0.05) is 24.3 Å². The molecule has 1 aromatic carbocycles. The molecule has 1 heterocycles. The lowest BCUT2D eigenvalue weighted by molar-refractivity contribution is 0.187. The van der Waals surface area contributed by atoms with Gasteiger partial charge in [-0.3, -0.25) is 4.99 Å². The average molecular weight is 381 g/mol. The van der Waals surface area contributed by atoms with Crippen molar-refractivity contribution in [1.29, 1.82) is 0 Å². The monoisotopic (exact) mass is 380 g/mol. The second kappa shape index (κ2) is 10.2. The minimum absolute atomic E-state index is 0.263. The van der Waals surface area contributed by atoms with E-state index in [4.69, 9.17) is 23.2 Å². The number of hydrogen-bond donors (Lipinski definition) is 3. The molecule has 1 unspecified atom stereocenters. The van der Waals surface area contributed by atoms with Crippen molar-refractivity contribution >= 4 is 29.2 Å². The molecule has 0 saturated heterocycles. The highest BCUT2D eigenvalue weighted by molar-refractivity contribution is 6.30. The number of guanidine groups is 1. The van der Waals surface area contributed by atoms with Crippen LogP contribution in [0.4, 0.5) is 0 Å². The third-order valence-electron chi connectivity index (χ3n) is 3.52. The summed E-state index contributed by atoms with van der Waals surface area (Å²) in [7, 11) is 0. The molecule has 134 valence electrons. The van der Waals surface area contributed by atoms with E-state index in [1.54, 1.807) is 36.5 Å². The van der Waals surface area contributed by atoms with Crippen molar-refractivity contribution in [1.82, 2.24) is 15.6 Å². The molecule has 5 nitrogen and oxygen atoms in total. The maximum absolute atomic E-state index is 10.2. The predicted molar refractivity (Wildman–Crippen MR) is 103 cm³/mol. The summed E-state index contributed by atoms with van der Waals surface area (Å²) >= 11 is 11.6. The first-order valence-corrected chi connectivity index (χ1v) is 8.90. The Morgan fingerprint density at radius 3 is 2.56 bits per heavy atom. The van der Waals surface area contributed by atoms with Gasteiger partial charge in [-0.1, -0.05) is 41.4 Å². The van der Waals surface area contributed by atoms with Crippen LogP contribution in [-0.4, -0.2) is 35.7 Å². The second-order valence-electron chi connectivity index (χ2n) is 5.45. The Balaban J connectivity index is 1.86. The Morgan fingerprint density at radius 1 is 1.16 bits per heavy atom. The van der Waals surface area contributed by atoms with Crippen molar-refractivity contribution in [2.75, 3.05) is 19.6 Å². The number of aliphatic imine (C=N–C) groups is 1. The number of hydrogen-bond acceptors (Lipinski definition) is 3. The lowest BCUT2D eigenvalue weighted by Crippen LogP contribution is -2.38. The van der Waals surface area contributed by atoms with E-state index in [0.29, 0.717) is 22.7 Å². The summed E-state index contributed by atoms with van der Waals surface area (Å²) in [6, 6.07) is 10.8. The van der Waals surface area contributed by atoms with Gasteiger partial charge in [-0.05, 0) is 42.7 Å². The first kappa shape index (κ1) is 19.5. The third-order valence-corrected chi connectivity index (χ3v) is 3.99. The van der Waals surface area contributed by atoms with Crippen LogP contribution in [0.2, 0.25) is 10.2 Å². The normalized spacial score (nSPS) is 12.7. The highest BCUT2D eigenvalue weighted by Gasteiger charge is 2.07. The smallest absolute Gasteiger partial charge is 0.191 e. The Hall–Kier alpha value is -1.82. The molecule has 7 heteroatoms. The van der Waals surface area contributed by atoms with Gasteiger partial charge in [0.05, 0.1) is 12.6 Å². The Kier molecular flexibility index (Phi) is 7.98. The Morgan fingerprint density at radius 2 is 1.92 bits per heavy atom. The van der Waals surface area contributed by atoms with E-state index >= 15 is 0 Å². The van der Waals surface area contributed by atoms with Crippen molar-refractivity contribution in [2.24, 2.45) is 4.99 Å². The fourth-order valence-corrected chi connectivity index (χ4v) is 2.43. The van der Waals surface area contributed by atoms with E-state index in [2.05, 4.69) is 20.6 Å². The molecule has 1 aromatic heterocycles. The summed E-state index contributed by atoms with van der Waals surface area (Å²) in [6.07, 6.45) is 1.89. The average Bonchev–Trinajstić information content (AvgIpc) is 2.61. The van der Waals surface area contributed by atoms with Crippen LogP contribution >= 0.6 is 23.2 Å². The van der Waals surface area contributed by atoms with Crippen molar-refractivity contribution < 1.29 is 5.11 Å².